The summed E-state index contributed by atoms with van der Waals surface area (Å²) in [5.74, 6) is -2.76. The molecule has 220 valence electrons. The quantitative estimate of drug-likeness (QED) is 0.337. The van der Waals surface area contributed by atoms with E-state index in [-0.39, 0.29) is 0 Å². The molecule has 3 N–H and O–H groups in total. The molecule has 0 spiro atoms. The van der Waals surface area contributed by atoms with Crippen LogP contribution in [0.4, 0.5) is 13.2 Å². The fourth-order valence-corrected chi connectivity index (χ4v) is 6.10. The van der Waals surface area contributed by atoms with Gasteiger partial charge in [0.05, 0.1) is 4.90 Å². The van der Waals surface area contributed by atoms with Gasteiger partial charge in [-0.2, -0.15) is 13.2 Å². The van der Waals surface area contributed by atoms with Crippen LogP contribution in [0.25, 0.3) is 11.1 Å². The Balaban J connectivity index is 0.000000493. The van der Waals surface area contributed by atoms with Crippen LogP contribution in [-0.2, 0) is 34.2 Å². The molecule has 5 rings (SSSR count). The van der Waals surface area contributed by atoms with Gasteiger partial charge in [-0.05, 0) is 84.8 Å². The van der Waals surface area contributed by atoms with Crippen LogP contribution in [0.5, 0.6) is 0 Å². The maximum Gasteiger partial charge on any atom is 0.490 e. The van der Waals surface area contributed by atoms with Gasteiger partial charge in [-0.1, -0.05) is 54.6 Å². The Morgan fingerprint density at radius 2 is 1.51 bits per heavy atom. The van der Waals surface area contributed by atoms with Crippen LogP contribution in [0.1, 0.15) is 29.5 Å². The lowest BCUT2D eigenvalue weighted by atomic mass is 10.0. The van der Waals surface area contributed by atoms with Crippen molar-refractivity contribution < 1.29 is 31.5 Å². The average molecular weight is 590 g/mol. The van der Waals surface area contributed by atoms with Crippen molar-refractivity contribution in [2.75, 3.05) is 26.2 Å². The van der Waals surface area contributed by atoms with Crippen molar-refractivity contribution in [1.29, 1.82) is 0 Å². The van der Waals surface area contributed by atoms with E-state index in [1.807, 2.05) is 12.1 Å². The van der Waals surface area contributed by atoms with Crippen molar-refractivity contribution >= 4 is 16.0 Å². The Bertz CT molecular complexity index is 1400. The maximum atomic E-state index is 12.7. The van der Waals surface area contributed by atoms with Gasteiger partial charge >= 0.3 is 12.1 Å². The number of likely N-dealkylation sites (tertiary alicyclic amines) is 1. The largest absolute Gasteiger partial charge is 0.490 e. The molecule has 2 aliphatic rings. The Hall–Kier alpha value is -3.25. The van der Waals surface area contributed by atoms with Crippen LogP contribution in [0.3, 0.4) is 0 Å². The third-order valence-corrected chi connectivity index (χ3v) is 8.71. The highest BCUT2D eigenvalue weighted by Crippen LogP contribution is 2.24. The number of nitrogens with one attached hydrogen (secondary N) is 2. The van der Waals surface area contributed by atoms with E-state index in [4.69, 9.17) is 9.90 Å². The zero-order valence-electron chi connectivity index (χ0n) is 22.5. The van der Waals surface area contributed by atoms with E-state index in [1.165, 1.54) is 29.5 Å². The molecule has 3 aromatic rings. The van der Waals surface area contributed by atoms with Gasteiger partial charge in [0, 0.05) is 25.7 Å². The Morgan fingerprint density at radius 1 is 0.902 bits per heavy atom. The molecule has 3 aromatic carbocycles. The van der Waals surface area contributed by atoms with Crippen LogP contribution in [0.2, 0.25) is 0 Å². The van der Waals surface area contributed by atoms with E-state index in [0.717, 1.165) is 50.1 Å². The summed E-state index contributed by atoms with van der Waals surface area (Å²) in [5.41, 5.74) is 6.25. The van der Waals surface area contributed by atoms with Gasteiger partial charge in [-0.25, -0.2) is 17.9 Å². The maximum absolute atomic E-state index is 12.7. The third kappa shape index (κ3) is 8.87. The zero-order chi connectivity index (χ0) is 29.5. The van der Waals surface area contributed by atoms with Crippen molar-refractivity contribution in [3.8, 4) is 11.1 Å². The lowest BCUT2D eigenvalue weighted by Gasteiger charge is -2.15. The van der Waals surface area contributed by atoms with Crippen LogP contribution < -0.4 is 10.0 Å². The summed E-state index contributed by atoms with van der Waals surface area (Å²) in [4.78, 5) is 11.5. The smallest absolute Gasteiger partial charge is 0.475 e. The van der Waals surface area contributed by atoms with E-state index in [9.17, 15) is 21.6 Å². The van der Waals surface area contributed by atoms with Crippen LogP contribution in [0, 0.1) is 0 Å². The monoisotopic (exact) mass is 589 g/mol. The van der Waals surface area contributed by atoms with E-state index < -0.39 is 22.2 Å². The minimum atomic E-state index is -5.08. The summed E-state index contributed by atoms with van der Waals surface area (Å²) in [6.45, 7) is 4.18. The van der Waals surface area contributed by atoms with E-state index >= 15 is 0 Å². The number of fused-ring (bicyclic) bond motifs is 1. The summed E-state index contributed by atoms with van der Waals surface area (Å²) in [6.07, 6.45) is -0.504. The number of aliphatic carboxylic acids is 1. The summed E-state index contributed by atoms with van der Waals surface area (Å²) in [7, 11) is -3.49. The molecule has 1 heterocycles. The zero-order valence-corrected chi connectivity index (χ0v) is 23.3. The second-order valence-corrected chi connectivity index (χ2v) is 12.0. The number of nitrogens with zero attached hydrogens (tertiary/aromatic N) is 1. The molecule has 1 aliphatic carbocycles. The van der Waals surface area contributed by atoms with Crippen molar-refractivity contribution in [1.82, 2.24) is 14.9 Å². The van der Waals surface area contributed by atoms with Crippen molar-refractivity contribution in [3.05, 3.63) is 89.5 Å². The molecular weight excluding hydrogens is 555 g/mol. The number of hydrogen-bond acceptors (Lipinski definition) is 5. The number of halogens is 3. The van der Waals surface area contributed by atoms with E-state index in [2.05, 4.69) is 63.5 Å². The predicted octanol–water partition coefficient (Wildman–Crippen LogP) is 4.62. The first-order valence-electron chi connectivity index (χ1n) is 13.5. The summed E-state index contributed by atoms with van der Waals surface area (Å²) < 4.78 is 59.8. The van der Waals surface area contributed by atoms with Crippen LogP contribution >= 0.6 is 0 Å². The molecule has 1 aliphatic heterocycles. The molecule has 0 saturated carbocycles. The SMILES string of the molecule is O=C(O)C(F)(F)F.O=S(=O)(NCCN1CCCC1)c1ccc(-c2cccc(CNC3Cc4ccccc4C3)c2)cc1. The molecule has 0 aromatic heterocycles. The minimum absolute atomic E-state index is 0.316. The highest BCUT2D eigenvalue weighted by molar-refractivity contribution is 7.89. The number of hydrogen-bond donors (Lipinski definition) is 3. The van der Waals surface area contributed by atoms with Gasteiger partial charge in [-0.3, -0.25) is 0 Å². The van der Waals surface area contributed by atoms with E-state index in [0.29, 0.717) is 17.5 Å². The summed E-state index contributed by atoms with van der Waals surface area (Å²) in [6, 6.07) is 24.8. The first-order valence-corrected chi connectivity index (χ1v) is 15.0. The second kappa shape index (κ2) is 13.6. The summed E-state index contributed by atoms with van der Waals surface area (Å²) in [5, 5.41) is 10.8. The number of sulfonamides is 1. The molecule has 1 fully saturated rings. The molecular formula is C30H34F3N3O4S. The van der Waals surface area contributed by atoms with E-state index in [1.54, 1.807) is 12.1 Å². The number of carboxylic acids is 1. The predicted molar refractivity (Wildman–Crippen MR) is 151 cm³/mol. The standard InChI is InChI=1S/C28H33N3O2S.C2HF3O2/c32-34(33,30-14-17-31-15-3-4-16-31)28-12-10-23(11-13-28)24-9-5-6-22(18-24)21-29-27-19-25-7-1-2-8-26(25)20-27;3-2(4,5)1(6)7/h1-2,5-13,18,27,29-30H,3-4,14-17,19-21H2;(H,6,7). The third-order valence-electron chi connectivity index (χ3n) is 7.23. The molecule has 0 bridgehead atoms. The van der Waals surface area contributed by atoms with Gasteiger partial charge in [0.1, 0.15) is 0 Å². The molecule has 7 nitrogen and oxygen atoms in total. The number of benzene rings is 3. The lowest BCUT2D eigenvalue weighted by Crippen LogP contribution is -2.33. The highest BCUT2D eigenvalue weighted by Gasteiger charge is 2.38. The molecule has 0 atom stereocenters. The van der Waals surface area contributed by atoms with Gasteiger partial charge in [0.15, 0.2) is 0 Å². The fourth-order valence-electron chi connectivity index (χ4n) is 5.08. The Labute approximate surface area is 238 Å². The Morgan fingerprint density at radius 3 is 2.10 bits per heavy atom. The molecule has 1 saturated heterocycles. The Kier molecular flexibility index (Phi) is 10.2. The number of alkyl halides is 3. The summed E-state index contributed by atoms with van der Waals surface area (Å²) >= 11 is 0. The number of carbonyl (C=O) groups is 1. The number of rotatable bonds is 9. The highest BCUT2D eigenvalue weighted by atomic mass is 32.2. The normalized spacial score (nSPS) is 15.8. The first-order chi connectivity index (χ1) is 19.5. The molecule has 0 unspecified atom stereocenters. The number of carboxylic acid groups (broad SMARTS) is 1. The second-order valence-electron chi connectivity index (χ2n) is 10.2. The van der Waals surface area contributed by atoms with Gasteiger partial charge in [-0.15, -0.1) is 0 Å². The van der Waals surface area contributed by atoms with Crippen molar-refractivity contribution in [2.24, 2.45) is 0 Å². The van der Waals surface area contributed by atoms with Gasteiger partial charge in [0.2, 0.25) is 10.0 Å². The topological polar surface area (TPSA) is 98.7 Å². The molecule has 0 radical (unpaired) electrons. The first kappa shape index (κ1) is 30.7. The minimum Gasteiger partial charge on any atom is -0.475 e. The molecule has 0 amide bonds. The average Bonchev–Trinajstić information content (AvgIpc) is 3.62. The van der Waals surface area contributed by atoms with Crippen LogP contribution in [-0.4, -0.2) is 62.8 Å². The van der Waals surface area contributed by atoms with Gasteiger partial charge in [0.25, 0.3) is 0 Å². The van der Waals surface area contributed by atoms with Crippen molar-refractivity contribution in [3.63, 3.8) is 0 Å². The van der Waals surface area contributed by atoms with Crippen LogP contribution in [0.15, 0.2) is 77.7 Å². The van der Waals surface area contributed by atoms with Crippen molar-refractivity contribution in [2.45, 2.75) is 49.3 Å². The molecule has 11 heteroatoms. The fraction of sp³-hybridized carbons (Fsp3) is 0.367. The molecule has 41 heavy (non-hydrogen) atoms. The lowest BCUT2D eigenvalue weighted by molar-refractivity contribution is -0.192. The van der Waals surface area contributed by atoms with Gasteiger partial charge < -0.3 is 15.3 Å².